The number of halogens is 1. The van der Waals surface area contributed by atoms with Crippen molar-refractivity contribution >= 4 is 22.8 Å². The lowest BCUT2D eigenvalue weighted by atomic mass is 10.2. The number of aryl methyl sites for hydroxylation is 2. The van der Waals surface area contributed by atoms with Crippen molar-refractivity contribution in [1.29, 1.82) is 0 Å². The number of rotatable bonds is 5. The number of aromatic nitrogens is 4. The molecule has 0 unspecified atom stereocenters. The monoisotopic (exact) mass is 374 g/mol. The van der Waals surface area contributed by atoms with Gasteiger partial charge in [0.05, 0.1) is 0 Å². The SMILES string of the molecule is CCCc1nc(SCc2ccc(F)cc2)c2c(=O)n(C)c(=O)n(C)c2n1. The molecule has 6 nitrogen and oxygen atoms in total. The Bertz CT molecular complexity index is 1070. The molecule has 0 saturated heterocycles. The van der Waals surface area contributed by atoms with Gasteiger partial charge in [-0.2, -0.15) is 0 Å². The highest BCUT2D eigenvalue weighted by Gasteiger charge is 2.17. The molecule has 1 aromatic carbocycles. The second-order valence-corrected chi connectivity index (χ2v) is 6.98. The Morgan fingerprint density at radius 2 is 1.77 bits per heavy atom. The van der Waals surface area contributed by atoms with Gasteiger partial charge in [0.2, 0.25) is 0 Å². The number of fused-ring (bicyclic) bond motifs is 1. The third kappa shape index (κ3) is 3.41. The molecule has 0 fully saturated rings. The summed E-state index contributed by atoms with van der Waals surface area (Å²) >= 11 is 1.38. The highest BCUT2D eigenvalue weighted by atomic mass is 32.2. The molecule has 0 amide bonds. The molecule has 0 aliphatic rings. The van der Waals surface area contributed by atoms with Crippen LogP contribution in [0, 0.1) is 5.82 Å². The van der Waals surface area contributed by atoms with E-state index < -0.39 is 11.2 Å². The molecular weight excluding hydrogens is 355 g/mol. The second-order valence-electron chi connectivity index (χ2n) is 6.01. The van der Waals surface area contributed by atoms with Crippen molar-refractivity contribution in [3.63, 3.8) is 0 Å². The summed E-state index contributed by atoms with van der Waals surface area (Å²) in [4.78, 5) is 33.8. The molecule has 0 aliphatic carbocycles. The maximum atomic E-state index is 13.1. The molecule has 0 aliphatic heterocycles. The van der Waals surface area contributed by atoms with Gasteiger partial charge in [-0.1, -0.05) is 19.1 Å². The van der Waals surface area contributed by atoms with Crippen LogP contribution >= 0.6 is 11.8 Å². The van der Waals surface area contributed by atoms with Crippen LogP contribution in [0.25, 0.3) is 11.0 Å². The van der Waals surface area contributed by atoms with Gasteiger partial charge < -0.3 is 0 Å². The van der Waals surface area contributed by atoms with Crippen LogP contribution in [0.5, 0.6) is 0 Å². The lowest BCUT2D eigenvalue weighted by molar-refractivity contribution is 0.627. The lowest BCUT2D eigenvalue weighted by Gasteiger charge is -2.11. The lowest BCUT2D eigenvalue weighted by Crippen LogP contribution is -2.37. The summed E-state index contributed by atoms with van der Waals surface area (Å²) in [6, 6.07) is 6.21. The fourth-order valence-corrected chi connectivity index (χ4v) is 3.63. The van der Waals surface area contributed by atoms with E-state index in [4.69, 9.17) is 0 Å². The molecule has 0 atom stereocenters. The Kier molecular flexibility index (Phi) is 5.22. The minimum Gasteiger partial charge on any atom is -0.280 e. The van der Waals surface area contributed by atoms with Crippen LogP contribution in [-0.4, -0.2) is 19.1 Å². The highest BCUT2D eigenvalue weighted by Crippen LogP contribution is 2.26. The molecule has 0 spiro atoms. The van der Waals surface area contributed by atoms with Crippen molar-refractivity contribution in [3.05, 3.63) is 62.3 Å². The number of thioether (sulfide) groups is 1. The van der Waals surface area contributed by atoms with Crippen LogP contribution in [0.15, 0.2) is 38.9 Å². The van der Waals surface area contributed by atoms with Crippen LogP contribution in [0.3, 0.4) is 0 Å². The smallest absolute Gasteiger partial charge is 0.280 e. The Hall–Kier alpha value is -2.48. The van der Waals surface area contributed by atoms with Crippen molar-refractivity contribution in [2.24, 2.45) is 14.1 Å². The molecule has 8 heteroatoms. The molecule has 26 heavy (non-hydrogen) atoms. The number of nitrogens with zero attached hydrogens (tertiary/aromatic N) is 4. The summed E-state index contributed by atoms with van der Waals surface area (Å²) < 4.78 is 15.5. The molecule has 2 aromatic heterocycles. The molecule has 0 radical (unpaired) electrons. The van der Waals surface area contributed by atoms with Crippen molar-refractivity contribution in [1.82, 2.24) is 19.1 Å². The van der Waals surface area contributed by atoms with E-state index in [2.05, 4.69) is 9.97 Å². The fraction of sp³-hybridized carbons (Fsp3) is 0.333. The second kappa shape index (κ2) is 7.41. The van der Waals surface area contributed by atoms with Crippen molar-refractivity contribution < 1.29 is 4.39 Å². The van der Waals surface area contributed by atoms with E-state index in [9.17, 15) is 14.0 Å². The van der Waals surface area contributed by atoms with Crippen molar-refractivity contribution in [3.8, 4) is 0 Å². The highest BCUT2D eigenvalue weighted by molar-refractivity contribution is 7.98. The maximum absolute atomic E-state index is 13.1. The largest absolute Gasteiger partial charge is 0.332 e. The van der Waals surface area contributed by atoms with E-state index in [0.29, 0.717) is 34.1 Å². The van der Waals surface area contributed by atoms with E-state index in [1.807, 2.05) is 6.92 Å². The van der Waals surface area contributed by atoms with Gasteiger partial charge in [-0.15, -0.1) is 11.8 Å². The molecule has 0 N–H and O–H groups in total. The minimum absolute atomic E-state index is 0.291. The zero-order chi connectivity index (χ0) is 18.8. The third-order valence-corrected chi connectivity index (χ3v) is 5.12. The Balaban J connectivity index is 2.14. The van der Waals surface area contributed by atoms with E-state index in [0.717, 1.165) is 16.6 Å². The molecular formula is C18H19FN4O2S. The quantitative estimate of drug-likeness (QED) is 0.507. The van der Waals surface area contributed by atoms with Gasteiger partial charge in [-0.25, -0.2) is 19.2 Å². The normalized spacial score (nSPS) is 11.2. The first kappa shape index (κ1) is 18.3. The molecule has 136 valence electrons. The van der Waals surface area contributed by atoms with E-state index >= 15 is 0 Å². The average molecular weight is 374 g/mol. The van der Waals surface area contributed by atoms with Crippen LogP contribution in [0.2, 0.25) is 0 Å². The first-order valence-electron chi connectivity index (χ1n) is 8.26. The van der Waals surface area contributed by atoms with Crippen molar-refractivity contribution in [2.45, 2.75) is 30.5 Å². The maximum Gasteiger partial charge on any atom is 0.332 e. The minimum atomic E-state index is -0.418. The predicted octanol–water partition coefficient (Wildman–Crippen LogP) is 2.41. The summed E-state index contributed by atoms with van der Waals surface area (Å²) in [5, 5.41) is 0.875. The molecule has 2 heterocycles. The van der Waals surface area contributed by atoms with Crippen LogP contribution < -0.4 is 11.2 Å². The van der Waals surface area contributed by atoms with Gasteiger partial charge in [0, 0.05) is 26.3 Å². The van der Waals surface area contributed by atoms with Gasteiger partial charge in [-0.3, -0.25) is 13.9 Å². The first-order valence-corrected chi connectivity index (χ1v) is 9.24. The predicted molar refractivity (Wildman–Crippen MR) is 100.0 cm³/mol. The average Bonchev–Trinajstić information content (AvgIpc) is 2.64. The van der Waals surface area contributed by atoms with Gasteiger partial charge in [0.15, 0.2) is 5.65 Å². The Morgan fingerprint density at radius 3 is 2.42 bits per heavy atom. The standard InChI is InChI=1S/C18H19FN4O2S/c1-4-5-13-20-15-14(17(24)23(3)18(25)22(15)2)16(21-13)26-10-11-6-8-12(19)9-7-11/h6-9H,4-5,10H2,1-3H3. The van der Waals surface area contributed by atoms with Crippen LogP contribution in [0.1, 0.15) is 24.7 Å². The van der Waals surface area contributed by atoms with Gasteiger partial charge in [-0.05, 0) is 24.1 Å². The van der Waals surface area contributed by atoms with Crippen molar-refractivity contribution in [2.75, 3.05) is 0 Å². The van der Waals surface area contributed by atoms with Gasteiger partial charge in [0.1, 0.15) is 22.1 Å². The molecule has 0 bridgehead atoms. The van der Waals surface area contributed by atoms with E-state index in [1.165, 1.54) is 35.5 Å². The van der Waals surface area contributed by atoms with Gasteiger partial charge in [0.25, 0.3) is 5.56 Å². The van der Waals surface area contributed by atoms with E-state index in [-0.39, 0.29) is 5.82 Å². The fourth-order valence-electron chi connectivity index (χ4n) is 2.64. The number of hydrogen-bond donors (Lipinski definition) is 0. The summed E-state index contributed by atoms with van der Waals surface area (Å²) in [6.07, 6.45) is 1.51. The summed E-state index contributed by atoms with van der Waals surface area (Å²) in [5.74, 6) is 0.842. The topological polar surface area (TPSA) is 69.8 Å². The van der Waals surface area contributed by atoms with Crippen LogP contribution in [-0.2, 0) is 26.3 Å². The molecule has 3 aromatic rings. The number of benzene rings is 1. The van der Waals surface area contributed by atoms with Gasteiger partial charge >= 0.3 is 5.69 Å². The zero-order valence-corrected chi connectivity index (χ0v) is 15.6. The van der Waals surface area contributed by atoms with E-state index in [1.54, 1.807) is 19.2 Å². The third-order valence-electron chi connectivity index (χ3n) is 4.08. The van der Waals surface area contributed by atoms with Crippen LogP contribution in [0.4, 0.5) is 4.39 Å². The number of hydrogen-bond acceptors (Lipinski definition) is 5. The Labute approximate surface area is 153 Å². The summed E-state index contributed by atoms with van der Waals surface area (Å²) in [7, 11) is 3.04. The summed E-state index contributed by atoms with van der Waals surface area (Å²) in [5.41, 5.74) is 0.436. The molecule has 3 rings (SSSR count). The first-order chi connectivity index (χ1) is 12.4. The zero-order valence-electron chi connectivity index (χ0n) is 14.8. The molecule has 0 saturated carbocycles. The Morgan fingerprint density at radius 1 is 1.08 bits per heavy atom. The summed E-state index contributed by atoms with van der Waals surface area (Å²) in [6.45, 7) is 2.02.